The van der Waals surface area contributed by atoms with Gasteiger partial charge in [0.25, 0.3) is 0 Å². The van der Waals surface area contributed by atoms with Gasteiger partial charge in [-0.25, -0.2) is 0 Å². The van der Waals surface area contributed by atoms with Crippen molar-refractivity contribution in [1.82, 2.24) is 0 Å². The van der Waals surface area contributed by atoms with Crippen LogP contribution in [-0.2, 0) is 17.4 Å². The number of rotatable bonds is 5. The molecular weight excluding hydrogens is 269 g/mol. The first-order valence-electron chi connectivity index (χ1n) is 5.29. The van der Waals surface area contributed by atoms with Gasteiger partial charge in [0.15, 0.2) is 5.78 Å². The number of halogens is 4. The molecule has 0 fully saturated rings. The third kappa shape index (κ3) is 3.63. The van der Waals surface area contributed by atoms with Crippen LogP contribution in [0.2, 0.25) is 0 Å². The van der Waals surface area contributed by atoms with E-state index < -0.39 is 17.5 Å². The summed E-state index contributed by atoms with van der Waals surface area (Å²) in [6, 6.07) is 3.59. The number of ketones is 1. The summed E-state index contributed by atoms with van der Waals surface area (Å²) in [5.41, 5.74) is -1.01. The molecule has 0 aliphatic carbocycles. The van der Waals surface area contributed by atoms with Gasteiger partial charge < -0.3 is 4.74 Å². The minimum atomic E-state index is -4.52. The molecule has 0 radical (unpaired) electrons. The van der Waals surface area contributed by atoms with Gasteiger partial charge in [-0.1, -0.05) is 6.07 Å². The SMILES string of the molecule is CCOc1cccc(C(F)(F)F)c1CC(=O)CCl. The summed E-state index contributed by atoms with van der Waals surface area (Å²) in [5.74, 6) is -0.724. The van der Waals surface area contributed by atoms with Gasteiger partial charge in [-0.3, -0.25) is 4.79 Å². The van der Waals surface area contributed by atoms with Crippen LogP contribution >= 0.6 is 11.6 Å². The molecule has 0 aliphatic rings. The van der Waals surface area contributed by atoms with Crippen LogP contribution in [0.5, 0.6) is 5.75 Å². The van der Waals surface area contributed by atoms with Crippen molar-refractivity contribution in [2.24, 2.45) is 0 Å². The lowest BCUT2D eigenvalue weighted by Crippen LogP contribution is -2.14. The van der Waals surface area contributed by atoms with Gasteiger partial charge in [-0.15, -0.1) is 11.6 Å². The van der Waals surface area contributed by atoms with Crippen molar-refractivity contribution in [3.63, 3.8) is 0 Å². The van der Waals surface area contributed by atoms with Crippen LogP contribution in [0, 0.1) is 0 Å². The molecular formula is C12H12ClF3O2. The smallest absolute Gasteiger partial charge is 0.416 e. The zero-order chi connectivity index (χ0) is 13.8. The standard InChI is InChI=1S/C12H12ClF3O2/c1-2-18-11-5-3-4-10(12(14,15)16)9(11)6-8(17)7-13/h3-5H,2,6-7H2,1H3. The first kappa shape index (κ1) is 14.8. The molecule has 0 spiro atoms. The number of hydrogen-bond donors (Lipinski definition) is 0. The Hall–Kier alpha value is -1.23. The molecule has 18 heavy (non-hydrogen) atoms. The van der Waals surface area contributed by atoms with Crippen LogP contribution < -0.4 is 4.74 Å². The number of hydrogen-bond acceptors (Lipinski definition) is 2. The molecule has 0 saturated heterocycles. The molecule has 1 aromatic carbocycles. The van der Waals surface area contributed by atoms with Crippen molar-refractivity contribution in [3.8, 4) is 5.75 Å². The normalized spacial score (nSPS) is 11.4. The summed E-state index contributed by atoms with van der Waals surface area (Å²) in [6.07, 6.45) is -4.90. The van der Waals surface area contributed by atoms with Crippen LogP contribution in [0.3, 0.4) is 0 Å². The van der Waals surface area contributed by atoms with Gasteiger partial charge in [0.1, 0.15) is 5.75 Å². The van der Waals surface area contributed by atoms with Gasteiger partial charge in [-0.05, 0) is 19.1 Å². The maximum atomic E-state index is 12.8. The Kier molecular flexibility index (Phi) is 5.02. The predicted molar refractivity (Wildman–Crippen MR) is 62.0 cm³/mol. The quantitative estimate of drug-likeness (QED) is 0.772. The van der Waals surface area contributed by atoms with Gasteiger partial charge >= 0.3 is 6.18 Å². The zero-order valence-corrected chi connectivity index (χ0v) is 10.4. The zero-order valence-electron chi connectivity index (χ0n) is 9.68. The Labute approximate surface area is 108 Å². The Bertz CT molecular complexity index is 430. The van der Waals surface area contributed by atoms with E-state index in [4.69, 9.17) is 16.3 Å². The number of alkyl halides is 4. The maximum absolute atomic E-state index is 12.8. The lowest BCUT2D eigenvalue weighted by atomic mass is 10.0. The van der Waals surface area contributed by atoms with E-state index in [9.17, 15) is 18.0 Å². The molecule has 0 aliphatic heterocycles. The number of benzene rings is 1. The largest absolute Gasteiger partial charge is 0.494 e. The van der Waals surface area contributed by atoms with E-state index >= 15 is 0 Å². The Balaban J connectivity index is 3.25. The highest BCUT2D eigenvalue weighted by atomic mass is 35.5. The fourth-order valence-electron chi connectivity index (χ4n) is 1.55. The highest BCUT2D eigenvalue weighted by molar-refractivity contribution is 6.27. The molecule has 0 amide bonds. The molecule has 6 heteroatoms. The molecule has 0 bridgehead atoms. The fraction of sp³-hybridized carbons (Fsp3) is 0.417. The van der Waals surface area contributed by atoms with E-state index in [1.165, 1.54) is 12.1 Å². The highest BCUT2D eigenvalue weighted by Gasteiger charge is 2.34. The van der Waals surface area contributed by atoms with E-state index in [1.807, 2.05) is 0 Å². The van der Waals surface area contributed by atoms with E-state index in [0.717, 1.165) is 6.07 Å². The van der Waals surface area contributed by atoms with Crippen LogP contribution in [-0.4, -0.2) is 18.3 Å². The van der Waals surface area contributed by atoms with Gasteiger partial charge in [0.2, 0.25) is 0 Å². The van der Waals surface area contributed by atoms with Crippen LogP contribution in [0.15, 0.2) is 18.2 Å². The maximum Gasteiger partial charge on any atom is 0.416 e. The molecule has 0 heterocycles. The summed E-state index contributed by atoms with van der Waals surface area (Å²) >= 11 is 5.33. The minimum absolute atomic E-state index is 0.0748. The molecule has 0 N–H and O–H groups in total. The van der Waals surface area contributed by atoms with Crippen molar-refractivity contribution in [2.75, 3.05) is 12.5 Å². The monoisotopic (exact) mass is 280 g/mol. The summed E-state index contributed by atoms with van der Waals surface area (Å²) in [5, 5.41) is 0. The number of carbonyl (C=O) groups is 1. The summed E-state index contributed by atoms with van der Waals surface area (Å²) < 4.78 is 43.6. The minimum Gasteiger partial charge on any atom is -0.494 e. The van der Waals surface area contributed by atoms with Crippen molar-refractivity contribution in [3.05, 3.63) is 29.3 Å². The molecule has 100 valence electrons. The fourth-order valence-corrected chi connectivity index (χ4v) is 1.64. The first-order valence-corrected chi connectivity index (χ1v) is 5.83. The number of Topliss-reactive ketones (excluding diaryl/α,β-unsaturated/α-hetero) is 1. The van der Waals surface area contributed by atoms with E-state index in [0.29, 0.717) is 0 Å². The first-order chi connectivity index (χ1) is 8.40. The molecule has 0 atom stereocenters. The third-order valence-electron chi connectivity index (χ3n) is 2.26. The van der Waals surface area contributed by atoms with E-state index in [1.54, 1.807) is 6.92 Å². The predicted octanol–water partition coefficient (Wildman–Crippen LogP) is 3.45. The van der Waals surface area contributed by atoms with E-state index in [2.05, 4.69) is 0 Å². The number of ether oxygens (including phenoxy) is 1. The molecule has 0 unspecified atom stereocenters. The topological polar surface area (TPSA) is 26.3 Å². The van der Waals surface area contributed by atoms with Gasteiger partial charge in [-0.2, -0.15) is 13.2 Å². The molecule has 2 nitrogen and oxygen atoms in total. The number of carbonyl (C=O) groups excluding carboxylic acids is 1. The average Bonchev–Trinajstić information content (AvgIpc) is 2.30. The lowest BCUT2D eigenvalue weighted by molar-refractivity contribution is -0.138. The summed E-state index contributed by atoms with van der Waals surface area (Å²) in [4.78, 5) is 11.3. The molecule has 1 aromatic rings. The second kappa shape index (κ2) is 6.09. The van der Waals surface area contributed by atoms with Crippen molar-refractivity contribution >= 4 is 17.4 Å². The van der Waals surface area contributed by atoms with E-state index in [-0.39, 0.29) is 30.2 Å². The summed E-state index contributed by atoms with van der Waals surface area (Å²) in [6.45, 7) is 1.89. The van der Waals surface area contributed by atoms with Crippen molar-refractivity contribution in [2.45, 2.75) is 19.5 Å². The van der Waals surface area contributed by atoms with Crippen LogP contribution in [0.4, 0.5) is 13.2 Å². The second-order valence-corrected chi connectivity index (χ2v) is 3.83. The second-order valence-electron chi connectivity index (χ2n) is 3.56. The summed E-state index contributed by atoms with van der Waals surface area (Å²) in [7, 11) is 0. The van der Waals surface area contributed by atoms with Gasteiger partial charge in [0.05, 0.1) is 18.1 Å². The molecule has 0 aromatic heterocycles. The molecule has 1 rings (SSSR count). The van der Waals surface area contributed by atoms with Gasteiger partial charge in [0, 0.05) is 12.0 Å². The highest BCUT2D eigenvalue weighted by Crippen LogP contribution is 2.36. The third-order valence-corrected chi connectivity index (χ3v) is 2.56. The Morgan fingerprint density at radius 3 is 2.56 bits per heavy atom. The average molecular weight is 281 g/mol. The van der Waals surface area contributed by atoms with Crippen LogP contribution in [0.1, 0.15) is 18.1 Å². The van der Waals surface area contributed by atoms with Crippen LogP contribution in [0.25, 0.3) is 0 Å². The lowest BCUT2D eigenvalue weighted by Gasteiger charge is -2.16. The van der Waals surface area contributed by atoms with Crippen molar-refractivity contribution in [1.29, 1.82) is 0 Å². The molecule has 0 saturated carbocycles. The Morgan fingerprint density at radius 2 is 2.06 bits per heavy atom. The Morgan fingerprint density at radius 1 is 1.39 bits per heavy atom. The van der Waals surface area contributed by atoms with Crippen molar-refractivity contribution < 1.29 is 22.7 Å².